The second-order valence-electron chi connectivity index (χ2n) is 6.48. The monoisotopic (exact) mass is 246 g/mol. The maximum Gasteiger partial charge on any atom is 0.0429 e. The first-order valence-electron chi connectivity index (χ1n) is 6.86. The van der Waals surface area contributed by atoms with Crippen molar-refractivity contribution in [1.82, 2.24) is 5.32 Å². The summed E-state index contributed by atoms with van der Waals surface area (Å²) in [6.07, 6.45) is 1.20. The maximum atomic E-state index is 3.61. The quantitative estimate of drug-likeness (QED) is 0.862. The molecule has 0 aromatic heterocycles. The predicted octanol–water partition coefficient (Wildman–Crippen LogP) is 3.19. The molecule has 100 valence electrons. The first-order chi connectivity index (χ1) is 8.30. The molecule has 2 rings (SSSR count). The van der Waals surface area contributed by atoms with Gasteiger partial charge in [-0.15, -0.1) is 0 Å². The fraction of sp³-hybridized carbons (Fsp3) is 0.625. The van der Waals surface area contributed by atoms with Gasteiger partial charge in [0.25, 0.3) is 0 Å². The molecule has 0 saturated carbocycles. The van der Waals surface area contributed by atoms with E-state index in [4.69, 9.17) is 0 Å². The highest BCUT2D eigenvalue weighted by Crippen LogP contribution is 2.30. The first kappa shape index (κ1) is 13.4. The van der Waals surface area contributed by atoms with Crippen LogP contribution >= 0.6 is 0 Å². The van der Waals surface area contributed by atoms with Crippen LogP contribution in [0.25, 0.3) is 0 Å². The molecule has 2 heteroatoms. The normalized spacial score (nSPS) is 22.2. The van der Waals surface area contributed by atoms with E-state index in [0.717, 1.165) is 6.54 Å². The minimum Gasteiger partial charge on any atom is -0.370 e. The molecule has 0 bridgehead atoms. The van der Waals surface area contributed by atoms with Crippen LogP contribution in [0.15, 0.2) is 12.1 Å². The Morgan fingerprint density at radius 2 is 1.72 bits per heavy atom. The third-order valence-electron chi connectivity index (χ3n) is 4.10. The number of benzene rings is 1. The summed E-state index contributed by atoms with van der Waals surface area (Å²) in [5, 5.41) is 3.61. The zero-order chi connectivity index (χ0) is 13.5. The van der Waals surface area contributed by atoms with E-state index in [9.17, 15) is 0 Å². The molecule has 0 aliphatic carbocycles. The molecule has 0 radical (unpaired) electrons. The predicted molar refractivity (Wildman–Crippen MR) is 79.5 cm³/mol. The lowest BCUT2D eigenvalue weighted by Crippen LogP contribution is -2.34. The van der Waals surface area contributed by atoms with Crippen LogP contribution in [-0.2, 0) is 0 Å². The van der Waals surface area contributed by atoms with Gasteiger partial charge < -0.3 is 10.2 Å². The smallest absolute Gasteiger partial charge is 0.0429 e. The lowest BCUT2D eigenvalue weighted by Gasteiger charge is -2.30. The molecule has 1 unspecified atom stereocenters. The second kappa shape index (κ2) is 4.58. The summed E-state index contributed by atoms with van der Waals surface area (Å²) in [6, 6.07) is 5.17. The maximum absolute atomic E-state index is 3.61. The van der Waals surface area contributed by atoms with Gasteiger partial charge in [-0.3, -0.25) is 0 Å². The number of anilines is 1. The summed E-state index contributed by atoms with van der Waals surface area (Å²) in [4.78, 5) is 2.46. The van der Waals surface area contributed by atoms with Crippen LogP contribution in [-0.4, -0.2) is 25.2 Å². The van der Waals surface area contributed by atoms with Crippen molar-refractivity contribution < 1.29 is 0 Å². The van der Waals surface area contributed by atoms with Crippen LogP contribution in [0, 0.1) is 20.8 Å². The van der Waals surface area contributed by atoms with Gasteiger partial charge in [-0.05, 0) is 52.2 Å². The van der Waals surface area contributed by atoms with E-state index in [2.05, 4.69) is 64.0 Å². The molecule has 1 aliphatic rings. The molecule has 1 N–H and O–H groups in total. The topological polar surface area (TPSA) is 15.3 Å². The molecule has 1 saturated heterocycles. The fourth-order valence-electron chi connectivity index (χ4n) is 3.31. The summed E-state index contributed by atoms with van der Waals surface area (Å²) in [7, 11) is 2.23. The number of nitrogens with one attached hydrogen (secondary N) is 1. The zero-order valence-electron chi connectivity index (χ0n) is 12.6. The summed E-state index contributed by atoms with van der Waals surface area (Å²) < 4.78 is 0. The van der Waals surface area contributed by atoms with E-state index in [-0.39, 0.29) is 5.54 Å². The first-order valence-corrected chi connectivity index (χ1v) is 6.86. The average molecular weight is 246 g/mol. The Morgan fingerprint density at radius 3 is 2.17 bits per heavy atom. The van der Waals surface area contributed by atoms with Crippen LogP contribution in [0.1, 0.15) is 37.0 Å². The minimum atomic E-state index is 0.269. The third kappa shape index (κ3) is 2.54. The van der Waals surface area contributed by atoms with Gasteiger partial charge in [-0.2, -0.15) is 0 Å². The number of aryl methyl sites for hydroxylation is 3. The zero-order valence-corrected chi connectivity index (χ0v) is 12.6. The van der Waals surface area contributed by atoms with Crippen molar-refractivity contribution in [3.05, 3.63) is 28.8 Å². The molecule has 2 nitrogen and oxygen atoms in total. The second-order valence-corrected chi connectivity index (χ2v) is 6.48. The van der Waals surface area contributed by atoms with Gasteiger partial charge >= 0.3 is 0 Å². The minimum absolute atomic E-state index is 0.269. The van der Waals surface area contributed by atoms with Crippen molar-refractivity contribution >= 4 is 5.69 Å². The molecule has 1 aromatic carbocycles. The number of rotatable bonds is 2. The van der Waals surface area contributed by atoms with E-state index in [1.807, 2.05) is 0 Å². The van der Waals surface area contributed by atoms with Crippen molar-refractivity contribution in [1.29, 1.82) is 0 Å². The summed E-state index contributed by atoms with van der Waals surface area (Å²) in [5.41, 5.74) is 5.81. The van der Waals surface area contributed by atoms with Crippen molar-refractivity contribution in [2.24, 2.45) is 0 Å². The van der Waals surface area contributed by atoms with Gasteiger partial charge in [0, 0.05) is 30.9 Å². The molecule has 0 amide bonds. The summed E-state index contributed by atoms with van der Waals surface area (Å²) in [6.45, 7) is 12.3. The van der Waals surface area contributed by atoms with Gasteiger partial charge in [0.05, 0.1) is 0 Å². The van der Waals surface area contributed by atoms with Crippen molar-refractivity contribution in [3.63, 3.8) is 0 Å². The average Bonchev–Trinajstić information content (AvgIpc) is 2.57. The van der Waals surface area contributed by atoms with Gasteiger partial charge in [-0.1, -0.05) is 17.7 Å². The number of likely N-dealkylation sites (N-methyl/N-ethyl adjacent to an activating group) is 1. The van der Waals surface area contributed by atoms with Gasteiger partial charge in [0.1, 0.15) is 0 Å². The molecule has 1 aromatic rings. The molecular weight excluding hydrogens is 220 g/mol. The van der Waals surface area contributed by atoms with Crippen LogP contribution in [0.2, 0.25) is 0 Å². The molecule has 18 heavy (non-hydrogen) atoms. The standard InChI is InChI=1S/C16H26N2/c1-11-7-12(2)15(13(3)8-11)18(6)14-9-16(4,5)17-10-14/h7-8,14,17H,9-10H2,1-6H3. The van der Waals surface area contributed by atoms with Crippen LogP contribution in [0.4, 0.5) is 5.69 Å². The van der Waals surface area contributed by atoms with Crippen LogP contribution in [0.3, 0.4) is 0 Å². The Bertz CT molecular complexity index is 425. The van der Waals surface area contributed by atoms with Crippen molar-refractivity contribution in [2.45, 2.75) is 52.6 Å². The number of hydrogen-bond acceptors (Lipinski definition) is 2. The van der Waals surface area contributed by atoms with E-state index in [0.29, 0.717) is 6.04 Å². The third-order valence-corrected chi connectivity index (χ3v) is 4.10. The van der Waals surface area contributed by atoms with Gasteiger partial charge in [0.15, 0.2) is 0 Å². The van der Waals surface area contributed by atoms with Crippen molar-refractivity contribution in [2.75, 3.05) is 18.5 Å². The van der Waals surface area contributed by atoms with Crippen LogP contribution in [0.5, 0.6) is 0 Å². The molecule has 1 heterocycles. The Kier molecular flexibility index (Phi) is 3.41. The van der Waals surface area contributed by atoms with Gasteiger partial charge in [0.2, 0.25) is 0 Å². The highest BCUT2D eigenvalue weighted by molar-refractivity contribution is 5.60. The Morgan fingerprint density at radius 1 is 1.17 bits per heavy atom. The van der Waals surface area contributed by atoms with Gasteiger partial charge in [-0.25, -0.2) is 0 Å². The summed E-state index contributed by atoms with van der Waals surface area (Å²) >= 11 is 0. The largest absolute Gasteiger partial charge is 0.370 e. The molecule has 1 fully saturated rings. The highest BCUT2D eigenvalue weighted by atomic mass is 15.2. The highest BCUT2D eigenvalue weighted by Gasteiger charge is 2.33. The van der Waals surface area contributed by atoms with Crippen LogP contribution < -0.4 is 10.2 Å². The van der Waals surface area contributed by atoms with E-state index >= 15 is 0 Å². The van der Waals surface area contributed by atoms with Crippen molar-refractivity contribution in [3.8, 4) is 0 Å². The number of nitrogens with zero attached hydrogens (tertiary/aromatic N) is 1. The lowest BCUT2D eigenvalue weighted by molar-refractivity contribution is 0.454. The summed E-state index contributed by atoms with van der Waals surface area (Å²) in [5.74, 6) is 0. The van der Waals surface area contributed by atoms with E-state index < -0.39 is 0 Å². The molecule has 1 atom stereocenters. The van der Waals surface area contributed by atoms with E-state index in [1.165, 1.54) is 28.8 Å². The molecular formula is C16H26N2. The van der Waals surface area contributed by atoms with E-state index in [1.54, 1.807) is 0 Å². The lowest BCUT2D eigenvalue weighted by atomic mass is 9.98. The number of hydrogen-bond donors (Lipinski definition) is 1. The fourth-order valence-corrected chi connectivity index (χ4v) is 3.31. The molecule has 0 spiro atoms. The molecule has 1 aliphatic heterocycles. The Hall–Kier alpha value is -1.02. The SMILES string of the molecule is Cc1cc(C)c(N(C)C2CNC(C)(C)C2)c(C)c1. The Labute approximate surface area is 111 Å². The Balaban J connectivity index is 2.27.